The van der Waals surface area contributed by atoms with Crippen LogP contribution in [0.2, 0.25) is 0 Å². The summed E-state index contributed by atoms with van der Waals surface area (Å²) in [5.74, 6) is 0. The third-order valence-corrected chi connectivity index (χ3v) is 5.56. The van der Waals surface area contributed by atoms with Crippen LogP contribution in [-0.2, 0) is 23.1 Å². The summed E-state index contributed by atoms with van der Waals surface area (Å²) in [5.41, 5.74) is -3.62. The number of halogens is 2. The first-order chi connectivity index (χ1) is 11.4. The van der Waals surface area contributed by atoms with Crippen LogP contribution in [0.3, 0.4) is 0 Å². The largest absolute Gasteiger partial charge is 0.403 e. The molecule has 1 fully saturated rings. The van der Waals surface area contributed by atoms with E-state index in [-0.39, 0.29) is 19.5 Å². The average Bonchev–Trinajstić information content (AvgIpc) is 2.55. The molecular weight excluding hydrogens is 341 g/mol. The summed E-state index contributed by atoms with van der Waals surface area (Å²) < 4.78 is 60.5. The second-order valence-electron chi connectivity index (χ2n) is 5.49. The summed E-state index contributed by atoms with van der Waals surface area (Å²) >= 11 is 0. The molecule has 0 radical (unpaired) electrons. The molecule has 142 valence electrons. The Hall–Kier alpha value is -0.330. The summed E-state index contributed by atoms with van der Waals surface area (Å²) in [6.45, 7) is 4.10. The minimum absolute atomic E-state index is 0.0959. The molecular formula is C16H29F2O5P. The van der Waals surface area contributed by atoms with Crippen LogP contribution in [0.5, 0.6) is 0 Å². The molecule has 0 amide bonds. The summed E-state index contributed by atoms with van der Waals surface area (Å²) in [6, 6.07) is 0. The van der Waals surface area contributed by atoms with Gasteiger partial charge in [-0.15, -0.1) is 0 Å². The molecule has 0 aromatic heterocycles. The Morgan fingerprint density at radius 3 is 2.50 bits per heavy atom. The number of hydrogen-bond acceptors (Lipinski definition) is 5. The van der Waals surface area contributed by atoms with E-state index in [0.717, 1.165) is 32.3 Å². The normalized spacial score (nSPS) is 19.9. The van der Waals surface area contributed by atoms with Gasteiger partial charge in [0.2, 0.25) is 0 Å². The van der Waals surface area contributed by atoms with Crippen LogP contribution >= 0.6 is 7.60 Å². The van der Waals surface area contributed by atoms with Crippen molar-refractivity contribution in [3.05, 3.63) is 12.2 Å². The molecule has 0 saturated carbocycles. The fraction of sp³-hybridized carbons (Fsp3) is 0.875. The van der Waals surface area contributed by atoms with Crippen molar-refractivity contribution in [2.24, 2.45) is 0 Å². The first kappa shape index (κ1) is 21.7. The quantitative estimate of drug-likeness (QED) is 0.271. The molecule has 1 aliphatic rings. The van der Waals surface area contributed by atoms with Gasteiger partial charge in [0.25, 0.3) is 0 Å². The highest BCUT2D eigenvalue weighted by Gasteiger charge is 2.51. The van der Waals surface area contributed by atoms with Crippen LogP contribution in [0, 0.1) is 0 Å². The van der Waals surface area contributed by atoms with Crippen LogP contribution in [0.4, 0.5) is 8.78 Å². The van der Waals surface area contributed by atoms with Gasteiger partial charge in [0.05, 0.1) is 13.2 Å². The van der Waals surface area contributed by atoms with Crippen LogP contribution in [0.1, 0.15) is 52.4 Å². The van der Waals surface area contributed by atoms with E-state index in [0.29, 0.717) is 25.5 Å². The predicted octanol–water partition coefficient (Wildman–Crippen LogP) is 5.12. The third-order valence-electron chi connectivity index (χ3n) is 3.49. The Bertz CT molecular complexity index is 401. The fourth-order valence-electron chi connectivity index (χ4n) is 2.29. The summed E-state index contributed by atoms with van der Waals surface area (Å²) in [5, 5.41) is 0. The Morgan fingerprint density at radius 2 is 1.92 bits per heavy atom. The molecule has 0 bridgehead atoms. The monoisotopic (exact) mass is 370 g/mol. The Morgan fingerprint density at radius 1 is 1.21 bits per heavy atom. The summed E-state index contributed by atoms with van der Waals surface area (Å²) in [7, 11) is -4.46. The Kier molecular flexibility index (Phi) is 10.2. The fourth-order valence-corrected chi connectivity index (χ4v) is 3.67. The lowest BCUT2D eigenvalue weighted by Crippen LogP contribution is -2.22. The predicted molar refractivity (Wildman–Crippen MR) is 88.3 cm³/mol. The van der Waals surface area contributed by atoms with Crippen molar-refractivity contribution in [3.63, 3.8) is 0 Å². The summed E-state index contributed by atoms with van der Waals surface area (Å²) in [6.07, 6.45) is 6.83. The van der Waals surface area contributed by atoms with E-state index in [2.05, 4.69) is 0 Å². The van der Waals surface area contributed by atoms with Crippen molar-refractivity contribution in [3.8, 4) is 0 Å². The molecule has 1 saturated heterocycles. The number of allylic oxidation sites excluding steroid dienone is 2. The number of rotatable bonds is 12. The van der Waals surface area contributed by atoms with Crippen molar-refractivity contribution in [1.82, 2.24) is 0 Å². The second-order valence-corrected chi connectivity index (χ2v) is 7.59. The average molecular weight is 370 g/mol. The van der Waals surface area contributed by atoms with Crippen LogP contribution in [0.25, 0.3) is 0 Å². The molecule has 1 unspecified atom stereocenters. The molecule has 1 rings (SSSR count). The van der Waals surface area contributed by atoms with Gasteiger partial charge < -0.3 is 18.5 Å². The lowest BCUT2D eigenvalue weighted by Gasteiger charge is -2.23. The van der Waals surface area contributed by atoms with Gasteiger partial charge in [0.1, 0.15) is 0 Å². The van der Waals surface area contributed by atoms with E-state index in [9.17, 15) is 13.3 Å². The maximum Gasteiger partial charge on any atom is 0.403 e. The third kappa shape index (κ3) is 7.28. The van der Waals surface area contributed by atoms with Gasteiger partial charge in [-0.25, -0.2) is 0 Å². The van der Waals surface area contributed by atoms with Crippen LogP contribution in [-0.4, -0.2) is 38.4 Å². The number of unbranched alkanes of at least 4 members (excludes halogenated alkanes) is 2. The first-order valence-corrected chi connectivity index (χ1v) is 10.2. The van der Waals surface area contributed by atoms with Crippen molar-refractivity contribution in [1.29, 1.82) is 0 Å². The molecule has 8 heteroatoms. The van der Waals surface area contributed by atoms with Crippen molar-refractivity contribution < 1.29 is 31.9 Å². The standard InChI is InChI=1S/C16H29F2O5P/c1-3-22-24(19,23-4-2)16(17,18)12-8-5-6-9-13-20-15-11-7-10-14-21-15/h8,12,15H,3-7,9-11,13-14H2,1-2H3/b12-8+. The molecule has 1 atom stereocenters. The van der Waals surface area contributed by atoms with E-state index in [1.54, 1.807) is 0 Å². The van der Waals surface area contributed by atoms with Crippen molar-refractivity contribution in [2.75, 3.05) is 26.4 Å². The SMILES string of the molecule is CCOP(=O)(OCC)C(F)(F)/C=C/CCCCOC1CCCCO1. The van der Waals surface area contributed by atoms with E-state index in [4.69, 9.17) is 18.5 Å². The smallest absolute Gasteiger partial charge is 0.353 e. The molecule has 0 aromatic carbocycles. The topological polar surface area (TPSA) is 54.0 Å². The molecule has 0 aromatic rings. The molecule has 1 aliphatic heterocycles. The number of ether oxygens (including phenoxy) is 2. The van der Waals surface area contributed by atoms with Gasteiger partial charge in [0.15, 0.2) is 6.29 Å². The second kappa shape index (κ2) is 11.3. The van der Waals surface area contributed by atoms with Crippen LogP contribution in [0.15, 0.2) is 12.2 Å². The summed E-state index contributed by atoms with van der Waals surface area (Å²) in [4.78, 5) is 0. The zero-order valence-corrected chi connectivity index (χ0v) is 15.4. The van der Waals surface area contributed by atoms with Crippen molar-refractivity contribution in [2.45, 2.75) is 64.3 Å². The van der Waals surface area contributed by atoms with Gasteiger partial charge in [0, 0.05) is 13.2 Å². The molecule has 5 nitrogen and oxygen atoms in total. The Labute approximate surface area is 143 Å². The van der Waals surface area contributed by atoms with Crippen LogP contribution < -0.4 is 0 Å². The lowest BCUT2D eigenvalue weighted by molar-refractivity contribution is -0.162. The highest BCUT2D eigenvalue weighted by Crippen LogP contribution is 2.62. The molecule has 24 heavy (non-hydrogen) atoms. The Balaban J connectivity index is 2.27. The zero-order chi connectivity index (χ0) is 17.9. The van der Waals surface area contributed by atoms with E-state index >= 15 is 0 Å². The van der Waals surface area contributed by atoms with Gasteiger partial charge in [-0.2, -0.15) is 8.78 Å². The van der Waals surface area contributed by atoms with E-state index in [1.165, 1.54) is 19.9 Å². The van der Waals surface area contributed by atoms with Gasteiger partial charge in [-0.1, -0.05) is 6.08 Å². The highest BCUT2D eigenvalue weighted by atomic mass is 31.2. The molecule has 0 aliphatic carbocycles. The van der Waals surface area contributed by atoms with E-state index < -0.39 is 13.3 Å². The number of alkyl halides is 2. The highest BCUT2D eigenvalue weighted by molar-refractivity contribution is 7.55. The molecule has 1 heterocycles. The van der Waals surface area contributed by atoms with Crippen molar-refractivity contribution >= 4 is 7.60 Å². The zero-order valence-electron chi connectivity index (χ0n) is 14.5. The first-order valence-electron chi connectivity index (χ1n) is 8.63. The number of hydrogen-bond donors (Lipinski definition) is 0. The maximum atomic E-state index is 14.0. The van der Waals surface area contributed by atoms with Gasteiger partial charge >= 0.3 is 13.3 Å². The van der Waals surface area contributed by atoms with E-state index in [1.807, 2.05) is 0 Å². The minimum atomic E-state index is -4.46. The molecule has 0 spiro atoms. The maximum absolute atomic E-state index is 14.0. The van der Waals surface area contributed by atoms with Gasteiger partial charge in [-0.3, -0.25) is 4.57 Å². The minimum Gasteiger partial charge on any atom is -0.353 e. The van der Waals surface area contributed by atoms with Gasteiger partial charge in [-0.05, 0) is 58.4 Å². The molecule has 0 N–H and O–H groups in total. The lowest BCUT2D eigenvalue weighted by atomic mass is 10.2.